The first kappa shape index (κ1) is 16.9. The average Bonchev–Trinajstić information content (AvgIpc) is 3.13. The first-order valence-electron chi connectivity index (χ1n) is 8.91. The highest BCUT2D eigenvalue weighted by Crippen LogP contribution is 2.25. The van der Waals surface area contributed by atoms with Crippen molar-refractivity contribution in [3.05, 3.63) is 36.7 Å². The molecule has 1 aromatic carbocycles. The van der Waals surface area contributed by atoms with E-state index >= 15 is 0 Å². The van der Waals surface area contributed by atoms with E-state index in [4.69, 9.17) is 0 Å². The minimum Gasteiger partial charge on any atom is -0.386 e. The SMILES string of the molecule is CCCCCN1B(C)N(c2ccccc2)CN(c2ncn[nH]2)B1C. The molecule has 6 nitrogen and oxygen atoms in total. The smallest absolute Gasteiger partial charge is 0.333 e. The van der Waals surface area contributed by atoms with E-state index in [0.717, 1.165) is 19.2 Å². The van der Waals surface area contributed by atoms with Crippen LogP contribution in [0, 0.1) is 0 Å². The molecule has 126 valence electrons. The van der Waals surface area contributed by atoms with Gasteiger partial charge < -0.3 is 14.3 Å². The lowest BCUT2D eigenvalue weighted by molar-refractivity contribution is 0.554. The van der Waals surface area contributed by atoms with E-state index in [9.17, 15) is 0 Å². The molecular formula is C16H26B2N6. The fourth-order valence-electron chi connectivity index (χ4n) is 3.49. The molecule has 3 rings (SSSR count). The number of nitrogens with one attached hydrogen (secondary N) is 1. The number of hydrogen-bond donors (Lipinski definition) is 1. The Labute approximate surface area is 145 Å². The first-order chi connectivity index (χ1) is 11.7. The Morgan fingerprint density at radius 3 is 2.50 bits per heavy atom. The molecule has 0 unspecified atom stereocenters. The molecular weight excluding hydrogens is 298 g/mol. The van der Waals surface area contributed by atoms with Gasteiger partial charge in [-0.1, -0.05) is 51.6 Å². The van der Waals surface area contributed by atoms with E-state index in [0.29, 0.717) is 6.98 Å². The van der Waals surface area contributed by atoms with Gasteiger partial charge in [-0.05, 0) is 25.1 Å². The van der Waals surface area contributed by atoms with Crippen LogP contribution in [-0.4, -0.2) is 47.1 Å². The van der Waals surface area contributed by atoms with Crippen LogP contribution in [0.15, 0.2) is 36.7 Å². The molecule has 24 heavy (non-hydrogen) atoms. The predicted molar refractivity (Wildman–Crippen MR) is 102 cm³/mol. The zero-order chi connectivity index (χ0) is 16.9. The topological polar surface area (TPSA) is 51.3 Å². The van der Waals surface area contributed by atoms with Crippen molar-refractivity contribution in [2.45, 2.75) is 39.8 Å². The first-order valence-corrected chi connectivity index (χ1v) is 8.91. The number of benzene rings is 1. The van der Waals surface area contributed by atoms with Crippen molar-refractivity contribution >= 4 is 25.6 Å². The van der Waals surface area contributed by atoms with E-state index in [1.807, 2.05) is 0 Å². The number of anilines is 2. The van der Waals surface area contributed by atoms with Gasteiger partial charge in [0.05, 0.1) is 6.67 Å². The summed E-state index contributed by atoms with van der Waals surface area (Å²) < 4.78 is 2.55. The van der Waals surface area contributed by atoms with Gasteiger partial charge >= 0.3 is 14.0 Å². The molecule has 8 heteroatoms. The Kier molecular flexibility index (Phi) is 5.45. The Morgan fingerprint density at radius 2 is 1.83 bits per heavy atom. The summed E-state index contributed by atoms with van der Waals surface area (Å²) in [5.74, 6) is 0.829. The van der Waals surface area contributed by atoms with Crippen molar-refractivity contribution in [3.63, 3.8) is 0 Å². The third kappa shape index (κ3) is 3.43. The molecule has 1 aromatic heterocycles. The number of H-pyrrole nitrogens is 1. The monoisotopic (exact) mass is 324 g/mol. The predicted octanol–water partition coefficient (Wildman–Crippen LogP) is 2.82. The summed E-state index contributed by atoms with van der Waals surface area (Å²) in [4.78, 5) is 9.09. The normalized spacial score (nSPS) is 16.1. The Hall–Kier alpha value is -1.95. The number of unbranched alkanes of at least 4 members (excludes halogenated alkanes) is 2. The number of hydrogen-bond acceptors (Lipinski definition) is 5. The standard InChI is InChI=1S/C16H26B2N6/c1-4-5-9-12-24-17(2)22(15-10-7-6-8-11-15)14-23(18(24)3)16-19-13-20-21-16/h6-8,10-11,13H,4-5,9,12,14H2,1-3H3,(H,19,20,21). The summed E-state index contributed by atoms with van der Waals surface area (Å²) in [6.07, 6.45) is 5.31. The Morgan fingerprint density at radius 1 is 1.08 bits per heavy atom. The van der Waals surface area contributed by atoms with E-state index < -0.39 is 0 Å². The lowest BCUT2D eigenvalue weighted by atomic mass is 9.57. The Balaban J connectivity index is 1.86. The zero-order valence-electron chi connectivity index (χ0n) is 14.9. The van der Waals surface area contributed by atoms with Crippen LogP contribution < -0.4 is 9.62 Å². The summed E-state index contributed by atoms with van der Waals surface area (Å²) in [5, 5.41) is 7.06. The quantitative estimate of drug-likeness (QED) is 0.654. The average molecular weight is 324 g/mol. The highest BCUT2D eigenvalue weighted by molar-refractivity contribution is 6.77. The van der Waals surface area contributed by atoms with E-state index in [1.54, 1.807) is 6.33 Å². The van der Waals surface area contributed by atoms with Crippen LogP contribution in [0.4, 0.5) is 11.6 Å². The molecule has 0 amide bonds. The van der Waals surface area contributed by atoms with Crippen molar-refractivity contribution in [2.75, 3.05) is 22.8 Å². The largest absolute Gasteiger partial charge is 0.386 e. The second-order valence-electron chi connectivity index (χ2n) is 6.43. The maximum atomic E-state index is 4.38. The highest BCUT2D eigenvalue weighted by Gasteiger charge is 2.41. The number of aromatic amines is 1. The van der Waals surface area contributed by atoms with Crippen molar-refractivity contribution < 1.29 is 0 Å². The van der Waals surface area contributed by atoms with Crippen LogP contribution in [0.2, 0.25) is 13.6 Å². The van der Waals surface area contributed by atoms with E-state index in [2.05, 4.69) is 80.4 Å². The lowest BCUT2D eigenvalue weighted by Gasteiger charge is -2.49. The van der Waals surface area contributed by atoms with Crippen molar-refractivity contribution in [1.82, 2.24) is 19.9 Å². The van der Waals surface area contributed by atoms with Gasteiger partial charge in [0.25, 0.3) is 0 Å². The third-order valence-electron chi connectivity index (χ3n) is 4.95. The van der Waals surface area contributed by atoms with Gasteiger partial charge in [0.15, 0.2) is 0 Å². The minimum absolute atomic E-state index is 0.282. The zero-order valence-corrected chi connectivity index (χ0v) is 14.9. The summed E-state index contributed by atoms with van der Waals surface area (Å²) in [7, 11) is 0. The van der Waals surface area contributed by atoms with Crippen LogP contribution in [0.25, 0.3) is 0 Å². The van der Waals surface area contributed by atoms with Crippen molar-refractivity contribution in [1.29, 1.82) is 0 Å². The van der Waals surface area contributed by atoms with Gasteiger partial charge in [-0.3, -0.25) is 0 Å². The maximum Gasteiger partial charge on any atom is 0.333 e. The van der Waals surface area contributed by atoms with Gasteiger partial charge in [0.2, 0.25) is 5.95 Å². The number of aromatic nitrogens is 3. The van der Waals surface area contributed by atoms with Gasteiger partial charge in [0, 0.05) is 5.69 Å². The van der Waals surface area contributed by atoms with E-state index in [-0.39, 0.29) is 6.98 Å². The van der Waals surface area contributed by atoms with E-state index in [1.165, 1.54) is 24.9 Å². The minimum atomic E-state index is 0.282. The summed E-state index contributed by atoms with van der Waals surface area (Å²) >= 11 is 0. The molecule has 2 heterocycles. The number of para-hydroxylation sites is 1. The van der Waals surface area contributed by atoms with Gasteiger partial charge in [-0.2, -0.15) is 5.10 Å². The molecule has 0 saturated carbocycles. The van der Waals surface area contributed by atoms with Crippen LogP contribution in [0.1, 0.15) is 26.2 Å². The summed E-state index contributed by atoms with van der Waals surface area (Å²) in [5.41, 5.74) is 1.24. The van der Waals surface area contributed by atoms with Crippen molar-refractivity contribution in [3.8, 4) is 0 Å². The highest BCUT2D eigenvalue weighted by atomic mass is 15.4. The molecule has 1 fully saturated rings. The molecule has 1 aliphatic heterocycles. The van der Waals surface area contributed by atoms with Crippen LogP contribution in [-0.2, 0) is 0 Å². The Bertz CT molecular complexity index is 608. The molecule has 0 bridgehead atoms. The number of rotatable bonds is 6. The van der Waals surface area contributed by atoms with Gasteiger partial charge in [-0.15, -0.1) is 0 Å². The lowest BCUT2D eigenvalue weighted by Crippen LogP contribution is -2.70. The molecule has 1 N–H and O–H groups in total. The molecule has 0 aliphatic carbocycles. The van der Waals surface area contributed by atoms with Crippen LogP contribution in [0.5, 0.6) is 0 Å². The third-order valence-corrected chi connectivity index (χ3v) is 4.95. The second kappa shape index (κ2) is 7.75. The second-order valence-corrected chi connectivity index (χ2v) is 6.43. The van der Waals surface area contributed by atoms with Crippen LogP contribution >= 0.6 is 0 Å². The maximum absolute atomic E-state index is 4.38. The van der Waals surface area contributed by atoms with Gasteiger partial charge in [0.1, 0.15) is 6.33 Å². The number of nitrogens with zero attached hydrogens (tertiary/aromatic N) is 5. The molecule has 1 aliphatic rings. The molecule has 1 saturated heterocycles. The molecule has 0 atom stereocenters. The fraction of sp³-hybridized carbons (Fsp3) is 0.500. The fourth-order valence-corrected chi connectivity index (χ4v) is 3.49. The summed E-state index contributed by atoms with van der Waals surface area (Å²) in [6.45, 7) is 9.32. The van der Waals surface area contributed by atoms with Crippen molar-refractivity contribution in [2.24, 2.45) is 0 Å². The van der Waals surface area contributed by atoms with Crippen LogP contribution in [0.3, 0.4) is 0 Å². The molecule has 0 spiro atoms. The molecule has 0 radical (unpaired) electrons. The molecule has 2 aromatic rings. The van der Waals surface area contributed by atoms with Gasteiger partial charge in [-0.25, -0.2) is 10.1 Å². The summed E-state index contributed by atoms with van der Waals surface area (Å²) in [6, 6.07) is 10.6.